The van der Waals surface area contributed by atoms with E-state index >= 15 is 0 Å². The van der Waals surface area contributed by atoms with Crippen molar-refractivity contribution in [1.29, 1.82) is 0 Å². The lowest BCUT2D eigenvalue weighted by molar-refractivity contribution is -0.141. The molecule has 1 aromatic rings. The van der Waals surface area contributed by atoms with Gasteiger partial charge in [-0.1, -0.05) is 11.6 Å². The molecule has 1 saturated heterocycles. The Bertz CT molecular complexity index is 536. The fourth-order valence-electron chi connectivity index (χ4n) is 2.35. The first-order valence-corrected chi connectivity index (χ1v) is 6.72. The molecule has 0 aromatic heterocycles. The van der Waals surface area contributed by atoms with E-state index in [1.165, 1.54) is 7.11 Å². The van der Waals surface area contributed by atoms with E-state index in [4.69, 9.17) is 21.4 Å². The fourth-order valence-corrected chi connectivity index (χ4v) is 2.54. The Hall–Kier alpha value is -1.46. The largest absolute Gasteiger partial charge is 0.496 e. The van der Waals surface area contributed by atoms with Gasteiger partial charge >= 0.3 is 5.97 Å². The first-order chi connectivity index (χ1) is 9.51. The number of carbonyl (C=O) groups excluding carboxylic acids is 1. The number of likely N-dealkylation sites (tertiary alicyclic amines) is 1. The average molecular weight is 334 g/mol. The molecule has 1 N–H and O–H groups in total. The molecule has 1 aromatic carbocycles. The number of hydrogen-bond acceptors (Lipinski definition) is 3. The SMILES string of the molecule is COc1ccc(Cl)cc1CC(=O)N1CCC(C(=O)O)C1.Cl. The second-order valence-corrected chi connectivity index (χ2v) is 5.23. The van der Waals surface area contributed by atoms with E-state index in [1.807, 2.05) is 0 Å². The van der Waals surface area contributed by atoms with Crippen LogP contribution in [-0.2, 0) is 16.0 Å². The van der Waals surface area contributed by atoms with Gasteiger partial charge in [0.05, 0.1) is 19.4 Å². The van der Waals surface area contributed by atoms with Crippen LogP contribution in [0.2, 0.25) is 5.02 Å². The van der Waals surface area contributed by atoms with Gasteiger partial charge in [-0.15, -0.1) is 12.4 Å². The molecule has 0 spiro atoms. The molecule has 1 heterocycles. The lowest BCUT2D eigenvalue weighted by Crippen LogP contribution is -2.31. The molecule has 0 bridgehead atoms. The van der Waals surface area contributed by atoms with E-state index in [2.05, 4.69) is 0 Å². The molecule has 1 aliphatic rings. The maximum absolute atomic E-state index is 12.2. The van der Waals surface area contributed by atoms with Crippen LogP contribution in [0.3, 0.4) is 0 Å². The number of aliphatic carboxylic acids is 1. The van der Waals surface area contributed by atoms with Crippen molar-refractivity contribution in [3.8, 4) is 5.75 Å². The van der Waals surface area contributed by atoms with Crippen molar-refractivity contribution < 1.29 is 19.4 Å². The van der Waals surface area contributed by atoms with Crippen LogP contribution in [0.25, 0.3) is 0 Å². The Labute approximate surface area is 134 Å². The first-order valence-electron chi connectivity index (χ1n) is 6.34. The van der Waals surface area contributed by atoms with Crippen LogP contribution in [0.15, 0.2) is 18.2 Å². The van der Waals surface area contributed by atoms with Crippen LogP contribution >= 0.6 is 24.0 Å². The molecule has 116 valence electrons. The average Bonchev–Trinajstić information content (AvgIpc) is 2.89. The van der Waals surface area contributed by atoms with E-state index in [-0.39, 0.29) is 31.3 Å². The van der Waals surface area contributed by atoms with Crippen molar-refractivity contribution in [3.63, 3.8) is 0 Å². The number of ether oxygens (including phenoxy) is 1. The van der Waals surface area contributed by atoms with E-state index in [0.717, 1.165) is 0 Å². The summed E-state index contributed by atoms with van der Waals surface area (Å²) in [5.41, 5.74) is 0.712. The predicted molar refractivity (Wildman–Crippen MR) is 81.3 cm³/mol. The Balaban J connectivity index is 0.00000220. The molecule has 0 aliphatic carbocycles. The molecule has 1 unspecified atom stereocenters. The third kappa shape index (κ3) is 4.25. The predicted octanol–water partition coefficient (Wildman–Crippen LogP) is 2.25. The van der Waals surface area contributed by atoms with Crippen molar-refractivity contribution >= 4 is 35.9 Å². The fraction of sp³-hybridized carbons (Fsp3) is 0.429. The van der Waals surface area contributed by atoms with Gasteiger partial charge in [-0.05, 0) is 24.6 Å². The highest BCUT2D eigenvalue weighted by Gasteiger charge is 2.30. The minimum Gasteiger partial charge on any atom is -0.496 e. The Kier molecular flexibility index (Phi) is 6.30. The van der Waals surface area contributed by atoms with Crippen LogP contribution in [0, 0.1) is 5.92 Å². The van der Waals surface area contributed by atoms with E-state index in [0.29, 0.717) is 29.3 Å². The number of carbonyl (C=O) groups is 2. The first kappa shape index (κ1) is 17.6. The maximum atomic E-state index is 12.2. The van der Waals surface area contributed by atoms with Crippen molar-refractivity contribution in [2.75, 3.05) is 20.2 Å². The van der Waals surface area contributed by atoms with Crippen molar-refractivity contribution in [3.05, 3.63) is 28.8 Å². The van der Waals surface area contributed by atoms with E-state index in [1.54, 1.807) is 23.1 Å². The monoisotopic (exact) mass is 333 g/mol. The van der Waals surface area contributed by atoms with Crippen molar-refractivity contribution in [2.24, 2.45) is 5.92 Å². The zero-order chi connectivity index (χ0) is 14.7. The van der Waals surface area contributed by atoms with Crippen molar-refractivity contribution in [1.82, 2.24) is 4.90 Å². The number of halogens is 2. The van der Waals surface area contributed by atoms with Gasteiger partial charge < -0.3 is 14.7 Å². The summed E-state index contributed by atoms with van der Waals surface area (Å²) in [4.78, 5) is 24.7. The summed E-state index contributed by atoms with van der Waals surface area (Å²) in [5.74, 6) is -0.799. The summed E-state index contributed by atoms with van der Waals surface area (Å²) in [6, 6.07) is 5.11. The number of carboxylic acid groups (broad SMARTS) is 1. The topological polar surface area (TPSA) is 66.8 Å². The summed E-state index contributed by atoms with van der Waals surface area (Å²) in [7, 11) is 1.54. The highest BCUT2D eigenvalue weighted by Crippen LogP contribution is 2.25. The molecule has 5 nitrogen and oxygen atoms in total. The van der Waals surface area contributed by atoms with Gasteiger partial charge in [0.1, 0.15) is 5.75 Å². The Morgan fingerprint density at radius 3 is 2.76 bits per heavy atom. The van der Waals surface area contributed by atoms with Crippen LogP contribution in [0.4, 0.5) is 0 Å². The minimum atomic E-state index is -0.847. The molecule has 0 saturated carbocycles. The molecule has 21 heavy (non-hydrogen) atoms. The molecular weight excluding hydrogens is 317 g/mol. The summed E-state index contributed by atoms with van der Waals surface area (Å²) in [6.07, 6.45) is 0.670. The number of rotatable bonds is 4. The lowest BCUT2D eigenvalue weighted by atomic mass is 10.1. The van der Waals surface area contributed by atoms with E-state index < -0.39 is 11.9 Å². The molecule has 7 heteroatoms. The van der Waals surface area contributed by atoms with Crippen LogP contribution in [0.1, 0.15) is 12.0 Å². The Morgan fingerprint density at radius 1 is 1.48 bits per heavy atom. The second-order valence-electron chi connectivity index (χ2n) is 4.80. The highest BCUT2D eigenvalue weighted by atomic mass is 35.5. The third-order valence-corrected chi connectivity index (χ3v) is 3.71. The van der Waals surface area contributed by atoms with Gasteiger partial charge in [0.2, 0.25) is 5.91 Å². The maximum Gasteiger partial charge on any atom is 0.308 e. The number of amides is 1. The zero-order valence-electron chi connectivity index (χ0n) is 11.5. The van der Waals surface area contributed by atoms with Crippen LogP contribution in [0.5, 0.6) is 5.75 Å². The number of nitrogens with zero attached hydrogens (tertiary/aromatic N) is 1. The number of carboxylic acids is 1. The summed E-state index contributed by atoms with van der Waals surface area (Å²) in [6.45, 7) is 0.760. The molecule has 1 amide bonds. The summed E-state index contributed by atoms with van der Waals surface area (Å²) in [5, 5.41) is 9.49. The third-order valence-electron chi connectivity index (χ3n) is 3.47. The molecule has 1 aliphatic heterocycles. The van der Waals surface area contributed by atoms with Crippen LogP contribution < -0.4 is 4.74 Å². The molecule has 1 atom stereocenters. The normalized spacial score (nSPS) is 17.2. The van der Waals surface area contributed by atoms with E-state index in [9.17, 15) is 9.59 Å². The molecule has 0 radical (unpaired) electrons. The van der Waals surface area contributed by atoms with Gasteiger partial charge in [-0.3, -0.25) is 9.59 Å². The quantitative estimate of drug-likeness (QED) is 0.917. The highest BCUT2D eigenvalue weighted by molar-refractivity contribution is 6.30. The zero-order valence-corrected chi connectivity index (χ0v) is 13.1. The van der Waals surface area contributed by atoms with Gasteiger partial charge in [0, 0.05) is 23.7 Å². The van der Waals surface area contributed by atoms with Gasteiger partial charge in [0.25, 0.3) is 0 Å². The van der Waals surface area contributed by atoms with Crippen LogP contribution in [-0.4, -0.2) is 42.1 Å². The molecule has 1 fully saturated rings. The smallest absolute Gasteiger partial charge is 0.308 e. The Morgan fingerprint density at radius 2 is 2.19 bits per heavy atom. The molecular formula is C14H17Cl2NO4. The number of methoxy groups -OCH3 is 1. The minimum absolute atomic E-state index is 0. The molecule has 2 rings (SSSR count). The van der Waals surface area contributed by atoms with Crippen molar-refractivity contribution in [2.45, 2.75) is 12.8 Å². The van der Waals surface area contributed by atoms with Gasteiger partial charge in [0.15, 0.2) is 0 Å². The number of benzene rings is 1. The lowest BCUT2D eigenvalue weighted by Gasteiger charge is -2.17. The summed E-state index contributed by atoms with van der Waals surface area (Å²) < 4.78 is 5.20. The van der Waals surface area contributed by atoms with Gasteiger partial charge in [-0.25, -0.2) is 0 Å². The summed E-state index contributed by atoms with van der Waals surface area (Å²) >= 11 is 5.92. The van der Waals surface area contributed by atoms with Gasteiger partial charge in [-0.2, -0.15) is 0 Å². The standard InChI is InChI=1S/C14H16ClNO4.ClH/c1-20-12-3-2-11(15)6-10(12)7-13(17)16-5-4-9(8-16)14(18)19;/h2-3,6,9H,4-5,7-8H2,1H3,(H,18,19);1H. The second kappa shape index (κ2) is 7.52. The number of hydrogen-bond donors (Lipinski definition) is 1.